The van der Waals surface area contributed by atoms with Crippen LogP contribution < -0.4 is 0 Å². The number of rotatable bonds is 2. The second-order valence-corrected chi connectivity index (χ2v) is 3.87. The van der Waals surface area contributed by atoms with Crippen molar-refractivity contribution in [3.05, 3.63) is 33.3 Å². The zero-order valence-electron chi connectivity index (χ0n) is 6.67. The van der Waals surface area contributed by atoms with Crippen LogP contribution in [0.4, 0.5) is 0 Å². The van der Waals surface area contributed by atoms with Crippen LogP contribution in [0.3, 0.4) is 0 Å². The molecule has 0 spiro atoms. The Hall–Kier alpha value is -0.560. The second kappa shape index (κ2) is 4.61. The molecule has 4 heteroatoms. The van der Waals surface area contributed by atoms with Crippen molar-refractivity contribution in [2.75, 3.05) is 0 Å². The zero-order chi connectivity index (χ0) is 9.84. The van der Waals surface area contributed by atoms with Crippen molar-refractivity contribution in [3.63, 3.8) is 0 Å². The maximum absolute atomic E-state index is 9.47. The molecule has 0 saturated carbocycles. The van der Waals surface area contributed by atoms with Gasteiger partial charge in [-0.2, -0.15) is 5.26 Å². The Bertz CT molecular complexity index is 348. The summed E-state index contributed by atoms with van der Waals surface area (Å²) in [4.78, 5) is 0. The summed E-state index contributed by atoms with van der Waals surface area (Å²) >= 11 is 9.11. The molecule has 2 nitrogen and oxygen atoms in total. The number of nitriles is 1. The average Bonchev–Trinajstić information content (AvgIpc) is 2.04. The number of aliphatic hydroxyl groups excluding tert-OH is 1. The quantitative estimate of drug-likeness (QED) is 0.888. The molecular weight excluding hydrogens is 253 g/mol. The Balaban J connectivity index is 2.96. The van der Waals surface area contributed by atoms with E-state index < -0.39 is 6.10 Å². The van der Waals surface area contributed by atoms with Gasteiger partial charge in [-0.15, -0.1) is 0 Å². The van der Waals surface area contributed by atoms with Crippen LogP contribution in [0.25, 0.3) is 0 Å². The number of benzene rings is 1. The van der Waals surface area contributed by atoms with Crippen molar-refractivity contribution in [1.29, 1.82) is 5.26 Å². The summed E-state index contributed by atoms with van der Waals surface area (Å²) in [6, 6.07) is 7.06. The molecule has 0 bridgehead atoms. The van der Waals surface area contributed by atoms with Gasteiger partial charge >= 0.3 is 0 Å². The third kappa shape index (κ3) is 2.70. The van der Waals surface area contributed by atoms with Gasteiger partial charge in [0.2, 0.25) is 0 Å². The highest BCUT2D eigenvalue weighted by Gasteiger charge is 2.10. The number of hydrogen-bond acceptors (Lipinski definition) is 2. The van der Waals surface area contributed by atoms with E-state index in [0.717, 1.165) is 4.47 Å². The smallest absolute Gasteiger partial charge is 0.0934 e. The number of nitrogens with zero attached hydrogens (tertiary/aromatic N) is 1. The summed E-state index contributed by atoms with van der Waals surface area (Å²) in [6.07, 6.45) is -0.743. The van der Waals surface area contributed by atoms with Crippen molar-refractivity contribution in [2.45, 2.75) is 12.5 Å². The van der Waals surface area contributed by atoms with Crippen LogP contribution in [0.15, 0.2) is 22.7 Å². The molecule has 1 aromatic carbocycles. The number of halogens is 2. The highest BCUT2D eigenvalue weighted by atomic mass is 79.9. The molecule has 0 amide bonds. The molecule has 68 valence electrons. The van der Waals surface area contributed by atoms with Crippen molar-refractivity contribution < 1.29 is 5.11 Å². The molecule has 1 N–H and O–H groups in total. The maximum atomic E-state index is 9.47. The lowest BCUT2D eigenvalue weighted by molar-refractivity contribution is 0.183. The summed E-state index contributed by atoms with van der Waals surface area (Å²) in [5.41, 5.74) is 0.589. The molecule has 0 aromatic heterocycles. The number of hydrogen-bond donors (Lipinski definition) is 1. The van der Waals surface area contributed by atoms with Gasteiger partial charge in [0.05, 0.1) is 18.6 Å². The molecule has 0 aliphatic carbocycles. The summed E-state index contributed by atoms with van der Waals surface area (Å²) in [5.74, 6) is 0. The highest BCUT2D eigenvalue weighted by Crippen LogP contribution is 2.27. The molecule has 1 rings (SSSR count). The van der Waals surface area contributed by atoms with Crippen molar-refractivity contribution >= 4 is 27.5 Å². The summed E-state index contributed by atoms with van der Waals surface area (Å²) in [6.45, 7) is 0. The van der Waals surface area contributed by atoms with E-state index in [1.54, 1.807) is 18.2 Å². The maximum Gasteiger partial charge on any atom is 0.0934 e. The first-order chi connectivity index (χ1) is 6.15. The first kappa shape index (κ1) is 10.5. The lowest BCUT2D eigenvalue weighted by Crippen LogP contribution is -1.96. The van der Waals surface area contributed by atoms with E-state index >= 15 is 0 Å². The molecule has 1 aromatic rings. The van der Waals surface area contributed by atoms with Crippen LogP contribution in [0, 0.1) is 11.3 Å². The third-order valence-corrected chi connectivity index (χ3v) is 2.43. The lowest BCUT2D eigenvalue weighted by atomic mass is 10.1. The van der Waals surface area contributed by atoms with E-state index in [2.05, 4.69) is 15.9 Å². The minimum atomic E-state index is -0.800. The molecule has 1 atom stereocenters. The van der Waals surface area contributed by atoms with Gasteiger partial charge < -0.3 is 5.11 Å². The molecule has 0 saturated heterocycles. The van der Waals surface area contributed by atoms with Gasteiger partial charge in [0.1, 0.15) is 0 Å². The fraction of sp³-hybridized carbons (Fsp3) is 0.222. The minimum Gasteiger partial charge on any atom is -0.387 e. The van der Waals surface area contributed by atoms with E-state index in [4.69, 9.17) is 16.9 Å². The summed E-state index contributed by atoms with van der Waals surface area (Å²) in [7, 11) is 0. The van der Waals surface area contributed by atoms with Gasteiger partial charge in [-0.3, -0.25) is 0 Å². The SMILES string of the molecule is N#CCC(O)c1ccc(Br)cc1Cl. The Morgan fingerprint density at radius 2 is 2.31 bits per heavy atom. The average molecular weight is 261 g/mol. The topological polar surface area (TPSA) is 44.0 Å². The second-order valence-electron chi connectivity index (χ2n) is 2.54. The predicted molar refractivity (Wildman–Crippen MR) is 54.3 cm³/mol. The fourth-order valence-electron chi connectivity index (χ4n) is 0.968. The largest absolute Gasteiger partial charge is 0.387 e. The van der Waals surface area contributed by atoms with Crippen molar-refractivity contribution in [2.24, 2.45) is 0 Å². The van der Waals surface area contributed by atoms with Gasteiger partial charge in [-0.25, -0.2) is 0 Å². The van der Waals surface area contributed by atoms with Crippen LogP contribution in [-0.4, -0.2) is 5.11 Å². The van der Waals surface area contributed by atoms with Crippen LogP contribution in [0.5, 0.6) is 0 Å². The molecule has 1 unspecified atom stereocenters. The van der Waals surface area contributed by atoms with Gasteiger partial charge in [-0.05, 0) is 12.1 Å². The zero-order valence-corrected chi connectivity index (χ0v) is 9.01. The van der Waals surface area contributed by atoms with Gasteiger partial charge in [0.25, 0.3) is 0 Å². The van der Waals surface area contributed by atoms with Crippen molar-refractivity contribution in [1.82, 2.24) is 0 Å². The molecule has 13 heavy (non-hydrogen) atoms. The normalized spacial score (nSPS) is 12.2. The van der Waals surface area contributed by atoms with Gasteiger partial charge in [0.15, 0.2) is 0 Å². The van der Waals surface area contributed by atoms with Crippen LogP contribution >= 0.6 is 27.5 Å². The van der Waals surface area contributed by atoms with E-state index in [1.807, 2.05) is 6.07 Å². The van der Waals surface area contributed by atoms with E-state index in [-0.39, 0.29) is 6.42 Å². The Labute approximate surface area is 89.9 Å². The molecular formula is C9H7BrClNO. The first-order valence-corrected chi connectivity index (χ1v) is 4.82. The number of aliphatic hydroxyl groups is 1. The summed E-state index contributed by atoms with van der Waals surface area (Å²) < 4.78 is 0.852. The highest BCUT2D eigenvalue weighted by molar-refractivity contribution is 9.10. The molecule has 0 radical (unpaired) electrons. The van der Waals surface area contributed by atoms with Crippen molar-refractivity contribution in [3.8, 4) is 6.07 Å². The predicted octanol–water partition coefficient (Wildman–Crippen LogP) is 3.05. The van der Waals surface area contributed by atoms with Crippen LogP contribution in [-0.2, 0) is 0 Å². The standard InChI is InChI=1S/C9H7BrClNO/c10-6-1-2-7(8(11)5-6)9(13)3-4-12/h1-2,5,9,13H,3H2. The van der Waals surface area contributed by atoms with E-state index in [9.17, 15) is 5.11 Å². The Morgan fingerprint density at radius 1 is 1.62 bits per heavy atom. The molecule has 0 aliphatic heterocycles. The molecule has 0 aliphatic rings. The van der Waals surface area contributed by atoms with E-state index in [1.165, 1.54) is 0 Å². The van der Waals surface area contributed by atoms with Crippen LogP contribution in [0.2, 0.25) is 5.02 Å². The minimum absolute atomic E-state index is 0.0569. The van der Waals surface area contributed by atoms with E-state index in [0.29, 0.717) is 10.6 Å². The fourth-order valence-corrected chi connectivity index (χ4v) is 1.77. The Kier molecular flexibility index (Phi) is 3.73. The van der Waals surface area contributed by atoms with Crippen LogP contribution in [0.1, 0.15) is 18.1 Å². The summed E-state index contributed by atoms with van der Waals surface area (Å²) in [5, 5.41) is 18.3. The van der Waals surface area contributed by atoms with Gasteiger partial charge in [0, 0.05) is 15.1 Å². The Morgan fingerprint density at radius 3 is 2.85 bits per heavy atom. The third-order valence-electron chi connectivity index (χ3n) is 1.61. The van der Waals surface area contributed by atoms with Gasteiger partial charge in [-0.1, -0.05) is 33.6 Å². The molecule has 0 heterocycles. The monoisotopic (exact) mass is 259 g/mol. The molecule has 0 fully saturated rings. The lowest BCUT2D eigenvalue weighted by Gasteiger charge is -2.08. The first-order valence-electron chi connectivity index (χ1n) is 3.65.